The molecule has 2 fully saturated rings. The summed E-state index contributed by atoms with van der Waals surface area (Å²) in [6.07, 6.45) is -1.52. The minimum absolute atomic E-state index is 0.0243. The number of nitrogens with zero attached hydrogens (tertiary/aromatic N) is 6. The number of fused-ring (bicyclic) bond motifs is 1. The number of phosphoric ester groups is 1. The normalized spacial score (nSPS) is 29.6. The second-order valence-electron chi connectivity index (χ2n) is 8.51. The molecule has 0 bridgehead atoms. The van der Waals surface area contributed by atoms with E-state index in [-0.39, 0.29) is 24.5 Å². The van der Waals surface area contributed by atoms with Gasteiger partial charge in [0.25, 0.3) is 0 Å². The number of hydrogen-bond donors (Lipinski definition) is 5. The molecular formula is C19H25N8O9P. The van der Waals surface area contributed by atoms with Crippen molar-refractivity contribution in [2.75, 3.05) is 24.7 Å². The van der Waals surface area contributed by atoms with Crippen molar-refractivity contribution in [2.24, 2.45) is 0 Å². The summed E-state index contributed by atoms with van der Waals surface area (Å²) in [7, 11) is -4.70. The topological polar surface area (TPSA) is 245 Å². The molecule has 0 saturated carbocycles. The molecule has 18 heteroatoms. The van der Waals surface area contributed by atoms with E-state index in [9.17, 15) is 24.5 Å². The Balaban J connectivity index is 1.20. The summed E-state index contributed by atoms with van der Waals surface area (Å²) < 4.78 is 37.1. The highest BCUT2D eigenvalue weighted by atomic mass is 31.2. The highest BCUT2D eigenvalue weighted by Crippen LogP contribution is 2.49. The maximum absolute atomic E-state index is 12.7. The van der Waals surface area contributed by atoms with E-state index in [0.29, 0.717) is 11.2 Å². The van der Waals surface area contributed by atoms with Crippen molar-refractivity contribution >= 4 is 30.6 Å². The van der Waals surface area contributed by atoms with Crippen LogP contribution in [0.15, 0.2) is 29.7 Å². The molecule has 7 N–H and O–H groups in total. The molecule has 0 amide bonds. The summed E-state index contributed by atoms with van der Waals surface area (Å²) in [5.41, 5.74) is 11.4. The number of ether oxygens (including phenoxy) is 2. The van der Waals surface area contributed by atoms with Gasteiger partial charge in [0, 0.05) is 19.0 Å². The van der Waals surface area contributed by atoms with Gasteiger partial charge in [0.05, 0.1) is 25.6 Å². The quantitative estimate of drug-likeness (QED) is 0.208. The molecule has 3 aromatic rings. The molecule has 1 unspecified atom stereocenters. The van der Waals surface area contributed by atoms with Crippen LogP contribution in [0.4, 0.5) is 11.6 Å². The third-order valence-electron chi connectivity index (χ3n) is 6.09. The molecule has 5 rings (SSSR count). The first-order valence-corrected chi connectivity index (χ1v) is 12.7. The minimum Gasteiger partial charge on any atom is -0.394 e. The van der Waals surface area contributed by atoms with Crippen molar-refractivity contribution in [1.29, 1.82) is 0 Å². The Bertz CT molecular complexity index is 1390. The number of phosphoric acid groups is 1. The molecule has 0 spiro atoms. The Morgan fingerprint density at radius 3 is 2.65 bits per heavy atom. The number of anilines is 2. The van der Waals surface area contributed by atoms with Crippen molar-refractivity contribution in [3.8, 4) is 0 Å². The van der Waals surface area contributed by atoms with Gasteiger partial charge in [-0.3, -0.25) is 18.2 Å². The van der Waals surface area contributed by atoms with E-state index in [1.54, 1.807) is 4.57 Å². The monoisotopic (exact) mass is 540 g/mol. The molecule has 200 valence electrons. The maximum atomic E-state index is 12.7. The molecule has 5 heterocycles. The summed E-state index contributed by atoms with van der Waals surface area (Å²) in [5, 5.41) is 20.1. The molecule has 17 nitrogen and oxygen atoms in total. The number of hydrogen-bond acceptors (Lipinski definition) is 14. The van der Waals surface area contributed by atoms with E-state index in [4.69, 9.17) is 30.0 Å². The lowest BCUT2D eigenvalue weighted by molar-refractivity contribution is -0.0564. The lowest BCUT2D eigenvalue weighted by Crippen LogP contribution is -2.29. The van der Waals surface area contributed by atoms with E-state index in [2.05, 4.69) is 19.9 Å². The first-order chi connectivity index (χ1) is 17.6. The Kier molecular flexibility index (Phi) is 6.95. The molecule has 0 aromatic carbocycles. The fourth-order valence-corrected chi connectivity index (χ4v) is 5.24. The van der Waals surface area contributed by atoms with Crippen molar-refractivity contribution in [1.82, 2.24) is 29.1 Å². The number of nitrogen functional groups attached to an aromatic ring is 2. The van der Waals surface area contributed by atoms with E-state index in [1.165, 1.54) is 24.9 Å². The first kappa shape index (κ1) is 25.6. The van der Waals surface area contributed by atoms with Crippen LogP contribution < -0.4 is 17.2 Å². The number of aromatic nitrogens is 6. The van der Waals surface area contributed by atoms with Gasteiger partial charge >= 0.3 is 13.5 Å². The summed E-state index contributed by atoms with van der Waals surface area (Å²) in [6.45, 7) is -1.02. The Morgan fingerprint density at radius 2 is 1.89 bits per heavy atom. The number of imidazole rings is 1. The first-order valence-electron chi connectivity index (χ1n) is 11.2. The van der Waals surface area contributed by atoms with E-state index in [1.807, 2.05) is 0 Å². The zero-order valence-corrected chi connectivity index (χ0v) is 20.1. The molecule has 0 aliphatic carbocycles. The van der Waals surface area contributed by atoms with E-state index >= 15 is 0 Å². The van der Waals surface area contributed by atoms with Gasteiger partial charge in [0.15, 0.2) is 11.5 Å². The zero-order chi connectivity index (χ0) is 26.3. The average molecular weight is 540 g/mol. The van der Waals surface area contributed by atoms with Crippen molar-refractivity contribution in [3.63, 3.8) is 0 Å². The second kappa shape index (κ2) is 10.0. The molecule has 2 aliphatic heterocycles. The lowest BCUT2D eigenvalue weighted by atomic mass is 10.2. The van der Waals surface area contributed by atoms with Crippen molar-refractivity contribution in [2.45, 2.75) is 49.7 Å². The Hall–Kier alpha value is -3.02. The fourth-order valence-electron chi connectivity index (χ4n) is 4.28. The van der Waals surface area contributed by atoms with Crippen LogP contribution in [0.1, 0.15) is 25.3 Å². The van der Waals surface area contributed by atoms with Crippen LogP contribution in [-0.2, 0) is 23.1 Å². The molecule has 0 radical (unpaired) electrons. The third kappa shape index (κ3) is 5.21. The molecule has 3 aromatic heterocycles. The SMILES string of the molecule is Nc1ccn([C@@H]2C[C@@H](OP(=O)(O)OC[C@@H]3O[C@H](n4cnc5c(N)ncnc54)C[C@H]3O)[C@H](CO)O2)c(=O)n1. The smallest absolute Gasteiger partial charge is 0.394 e. The van der Waals surface area contributed by atoms with Crippen LogP contribution in [0.25, 0.3) is 11.2 Å². The van der Waals surface area contributed by atoms with Gasteiger partial charge in [0.2, 0.25) is 0 Å². The average Bonchev–Trinajstić information content (AvgIpc) is 3.54. The largest absolute Gasteiger partial charge is 0.472 e. The molecule has 7 atom stereocenters. The molecule has 2 saturated heterocycles. The van der Waals surface area contributed by atoms with Gasteiger partial charge in [-0.2, -0.15) is 4.98 Å². The summed E-state index contributed by atoms with van der Waals surface area (Å²) >= 11 is 0. The van der Waals surface area contributed by atoms with Gasteiger partial charge in [0.1, 0.15) is 48.4 Å². The van der Waals surface area contributed by atoms with Gasteiger partial charge < -0.3 is 36.0 Å². The summed E-state index contributed by atoms with van der Waals surface area (Å²) in [5.74, 6) is 0.216. The van der Waals surface area contributed by atoms with Gasteiger partial charge in [-0.05, 0) is 6.07 Å². The highest BCUT2D eigenvalue weighted by molar-refractivity contribution is 7.47. The lowest BCUT2D eigenvalue weighted by Gasteiger charge is -2.21. The van der Waals surface area contributed by atoms with Gasteiger partial charge in [-0.1, -0.05) is 0 Å². The predicted molar refractivity (Wildman–Crippen MR) is 123 cm³/mol. The number of nitrogens with two attached hydrogens (primary N) is 2. The fraction of sp³-hybridized carbons (Fsp3) is 0.526. The molecule has 37 heavy (non-hydrogen) atoms. The van der Waals surface area contributed by atoms with Crippen LogP contribution in [-0.4, -0.2) is 81.8 Å². The molecule has 2 aliphatic rings. The third-order valence-corrected chi connectivity index (χ3v) is 7.11. The molecular weight excluding hydrogens is 515 g/mol. The predicted octanol–water partition coefficient (Wildman–Crippen LogP) is -1.32. The van der Waals surface area contributed by atoms with Crippen LogP contribution in [0.2, 0.25) is 0 Å². The standard InChI is InChI=1S/C19H25N8O9P/c20-13-1-2-26(19(30)25-13)15-4-10(11(5-28)34-15)36-37(31,32)33-6-12-9(29)3-14(35-12)27-8-24-16-17(21)22-7-23-18(16)27/h1-2,7-12,14-15,28-29H,3-6H2,(H,31,32)(H2,20,25,30)(H2,21,22,23)/t9-,10-,11+,12+,14+,15+/m1/s1. The van der Waals surface area contributed by atoms with Crippen LogP contribution >= 0.6 is 7.82 Å². The van der Waals surface area contributed by atoms with Gasteiger partial charge in [-0.25, -0.2) is 24.3 Å². The summed E-state index contributed by atoms with van der Waals surface area (Å²) in [4.78, 5) is 38.2. The van der Waals surface area contributed by atoms with Crippen molar-refractivity contribution in [3.05, 3.63) is 35.4 Å². The minimum atomic E-state index is -4.70. The van der Waals surface area contributed by atoms with Crippen molar-refractivity contribution < 1.29 is 38.2 Å². The Morgan fingerprint density at radius 1 is 1.14 bits per heavy atom. The number of rotatable bonds is 8. The van der Waals surface area contributed by atoms with Crippen LogP contribution in [0.3, 0.4) is 0 Å². The summed E-state index contributed by atoms with van der Waals surface area (Å²) in [6, 6.07) is 1.39. The number of aliphatic hydroxyl groups is 2. The van der Waals surface area contributed by atoms with E-state index < -0.39 is 63.6 Å². The Labute approximate surface area is 208 Å². The second-order valence-corrected chi connectivity index (χ2v) is 9.92. The number of aliphatic hydroxyl groups excluding tert-OH is 2. The highest BCUT2D eigenvalue weighted by Gasteiger charge is 2.43. The maximum Gasteiger partial charge on any atom is 0.472 e. The zero-order valence-electron chi connectivity index (χ0n) is 19.2. The van der Waals surface area contributed by atoms with E-state index in [0.717, 1.165) is 4.57 Å². The van der Waals surface area contributed by atoms with Crippen LogP contribution in [0, 0.1) is 0 Å². The van der Waals surface area contributed by atoms with Crippen LogP contribution in [0.5, 0.6) is 0 Å². The van der Waals surface area contributed by atoms with Gasteiger partial charge in [-0.15, -0.1) is 0 Å².